The zero-order chi connectivity index (χ0) is 16.5. The van der Waals surface area contributed by atoms with Crippen LogP contribution in [0.4, 0.5) is 4.39 Å². The molecule has 0 radical (unpaired) electrons. The molecule has 0 saturated heterocycles. The molecular weight excluding hydrogens is 323 g/mol. The van der Waals surface area contributed by atoms with E-state index < -0.39 is 6.10 Å². The van der Waals surface area contributed by atoms with E-state index in [0.29, 0.717) is 12.1 Å². The summed E-state index contributed by atoms with van der Waals surface area (Å²) < 4.78 is 15.1. The SMILES string of the molecule is OC(Cc1ccsc1)c1ccc2c(cnn2-c2cccc(F)c2)c1. The van der Waals surface area contributed by atoms with E-state index in [1.807, 2.05) is 41.1 Å². The lowest BCUT2D eigenvalue weighted by molar-refractivity contribution is 0.179. The van der Waals surface area contributed by atoms with Crippen molar-refractivity contribution >= 4 is 22.2 Å². The van der Waals surface area contributed by atoms with Crippen molar-refractivity contribution in [2.45, 2.75) is 12.5 Å². The van der Waals surface area contributed by atoms with Crippen LogP contribution in [0.1, 0.15) is 17.2 Å². The van der Waals surface area contributed by atoms with E-state index in [-0.39, 0.29) is 5.82 Å². The first-order chi connectivity index (χ1) is 11.7. The molecule has 24 heavy (non-hydrogen) atoms. The second-order valence-electron chi connectivity index (χ2n) is 5.71. The number of hydrogen-bond acceptors (Lipinski definition) is 3. The van der Waals surface area contributed by atoms with E-state index >= 15 is 0 Å². The van der Waals surface area contributed by atoms with Gasteiger partial charge in [0.25, 0.3) is 0 Å². The molecule has 120 valence electrons. The molecular formula is C19H15FN2OS. The molecule has 2 aromatic carbocycles. The van der Waals surface area contributed by atoms with Gasteiger partial charge < -0.3 is 5.11 Å². The largest absolute Gasteiger partial charge is 0.388 e. The van der Waals surface area contributed by atoms with Crippen molar-refractivity contribution < 1.29 is 9.50 Å². The van der Waals surface area contributed by atoms with Crippen LogP contribution >= 0.6 is 11.3 Å². The van der Waals surface area contributed by atoms with Gasteiger partial charge in [-0.3, -0.25) is 0 Å². The first-order valence-corrected chi connectivity index (χ1v) is 8.58. The van der Waals surface area contributed by atoms with E-state index in [4.69, 9.17) is 0 Å². The minimum absolute atomic E-state index is 0.293. The summed E-state index contributed by atoms with van der Waals surface area (Å²) in [5.41, 5.74) is 3.54. The van der Waals surface area contributed by atoms with Gasteiger partial charge in [-0.1, -0.05) is 12.1 Å². The van der Waals surface area contributed by atoms with Gasteiger partial charge >= 0.3 is 0 Å². The number of rotatable bonds is 4. The van der Waals surface area contributed by atoms with Crippen LogP contribution in [-0.2, 0) is 6.42 Å². The fourth-order valence-electron chi connectivity index (χ4n) is 2.82. The molecule has 4 aromatic rings. The van der Waals surface area contributed by atoms with Crippen molar-refractivity contribution in [3.05, 3.63) is 82.4 Å². The molecule has 0 spiro atoms. The number of aromatic nitrogens is 2. The van der Waals surface area contributed by atoms with Crippen molar-refractivity contribution in [1.29, 1.82) is 0 Å². The van der Waals surface area contributed by atoms with Crippen LogP contribution < -0.4 is 0 Å². The summed E-state index contributed by atoms with van der Waals surface area (Å²) in [6.45, 7) is 0. The molecule has 0 bridgehead atoms. The normalized spacial score (nSPS) is 12.6. The van der Waals surface area contributed by atoms with E-state index in [9.17, 15) is 9.50 Å². The number of aliphatic hydroxyl groups is 1. The van der Waals surface area contributed by atoms with Gasteiger partial charge in [0.05, 0.1) is 23.5 Å². The number of hydrogen-bond donors (Lipinski definition) is 1. The number of fused-ring (bicyclic) bond motifs is 1. The Balaban J connectivity index is 1.67. The molecule has 3 nitrogen and oxygen atoms in total. The number of thiophene rings is 1. The molecule has 2 aromatic heterocycles. The highest BCUT2D eigenvalue weighted by Crippen LogP contribution is 2.25. The maximum atomic E-state index is 13.4. The molecule has 2 heterocycles. The van der Waals surface area contributed by atoms with Crippen molar-refractivity contribution in [2.24, 2.45) is 0 Å². The minimum Gasteiger partial charge on any atom is -0.388 e. The number of aliphatic hydroxyl groups excluding tert-OH is 1. The zero-order valence-corrected chi connectivity index (χ0v) is 13.6. The first-order valence-electron chi connectivity index (χ1n) is 7.63. The highest BCUT2D eigenvalue weighted by atomic mass is 32.1. The van der Waals surface area contributed by atoms with Crippen LogP contribution in [0.5, 0.6) is 0 Å². The van der Waals surface area contributed by atoms with Crippen molar-refractivity contribution in [2.75, 3.05) is 0 Å². The summed E-state index contributed by atoms with van der Waals surface area (Å²) in [6, 6.07) is 14.1. The lowest BCUT2D eigenvalue weighted by Gasteiger charge is -2.10. The fraction of sp³-hybridized carbons (Fsp3) is 0.105. The van der Waals surface area contributed by atoms with Gasteiger partial charge in [-0.25, -0.2) is 9.07 Å². The lowest BCUT2D eigenvalue weighted by Crippen LogP contribution is -2.01. The lowest BCUT2D eigenvalue weighted by atomic mass is 10.0. The smallest absolute Gasteiger partial charge is 0.125 e. The molecule has 0 aliphatic heterocycles. The Labute approximate surface area is 142 Å². The maximum Gasteiger partial charge on any atom is 0.125 e. The highest BCUT2D eigenvalue weighted by Gasteiger charge is 2.12. The fourth-order valence-corrected chi connectivity index (χ4v) is 3.50. The van der Waals surface area contributed by atoms with Gasteiger partial charge in [-0.2, -0.15) is 16.4 Å². The van der Waals surface area contributed by atoms with Gasteiger partial charge in [-0.15, -0.1) is 0 Å². The van der Waals surface area contributed by atoms with Crippen LogP contribution in [0.25, 0.3) is 16.6 Å². The molecule has 4 rings (SSSR count). The topological polar surface area (TPSA) is 38.1 Å². The molecule has 1 unspecified atom stereocenters. The molecule has 0 aliphatic carbocycles. The monoisotopic (exact) mass is 338 g/mol. The van der Waals surface area contributed by atoms with E-state index in [1.165, 1.54) is 12.1 Å². The molecule has 1 atom stereocenters. The Morgan fingerprint density at radius 3 is 2.88 bits per heavy atom. The molecule has 0 aliphatic rings. The molecule has 0 saturated carbocycles. The zero-order valence-electron chi connectivity index (χ0n) is 12.8. The van der Waals surface area contributed by atoms with E-state index in [2.05, 4.69) is 5.10 Å². The van der Waals surface area contributed by atoms with Gasteiger partial charge in [-0.05, 0) is 58.3 Å². The summed E-state index contributed by atoms with van der Waals surface area (Å²) in [7, 11) is 0. The third-order valence-corrected chi connectivity index (χ3v) is 4.77. The Bertz CT molecular complexity index is 978. The average Bonchev–Trinajstić information content (AvgIpc) is 3.23. The highest BCUT2D eigenvalue weighted by molar-refractivity contribution is 7.07. The quantitative estimate of drug-likeness (QED) is 0.595. The third-order valence-electron chi connectivity index (χ3n) is 4.04. The minimum atomic E-state index is -0.554. The van der Waals surface area contributed by atoms with Crippen molar-refractivity contribution in [3.63, 3.8) is 0 Å². The van der Waals surface area contributed by atoms with Crippen LogP contribution in [-0.4, -0.2) is 14.9 Å². The van der Waals surface area contributed by atoms with Crippen molar-refractivity contribution in [1.82, 2.24) is 9.78 Å². The van der Waals surface area contributed by atoms with Gasteiger partial charge in [0.2, 0.25) is 0 Å². The molecule has 1 N–H and O–H groups in total. The average molecular weight is 338 g/mol. The van der Waals surface area contributed by atoms with E-state index in [1.54, 1.807) is 28.3 Å². The Morgan fingerprint density at radius 2 is 2.08 bits per heavy atom. The molecule has 0 amide bonds. The van der Waals surface area contributed by atoms with Crippen LogP contribution in [0, 0.1) is 5.82 Å². The van der Waals surface area contributed by atoms with Crippen LogP contribution in [0.15, 0.2) is 65.5 Å². The standard InChI is InChI=1S/C19H15FN2OS/c20-16-2-1-3-17(10-16)22-18-5-4-14(9-15(18)11-21-22)19(23)8-13-6-7-24-12-13/h1-7,9-12,19,23H,8H2. The summed E-state index contributed by atoms with van der Waals surface area (Å²) in [6.07, 6.45) is 1.77. The number of benzene rings is 2. The number of halogens is 1. The maximum absolute atomic E-state index is 13.4. The summed E-state index contributed by atoms with van der Waals surface area (Å²) in [5.74, 6) is -0.293. The van der Waals surface area contributed by atoms with Gasteiger partial charge in [0.1, 0.15) is 5.82 Å². The second kappa shape index (κ2) is 6.19. The summed E-state index contributed by atoms with van der Waals surface area (Å²) in [5, 5.41) is 19.8. The summed E-state index contributed by atoms with van der Waals surface area (Å²) in [4.78, 5) is 0. The Hall–Kier alpha value is -2.50. The third kappa shape index (κ3) is 2.84. The predicted octanol–water partition coefficient (Wildman–Crippen LogP) is 4.50. The summed E-state index contributed by atoms with van der Waals surface area (Å²) >= 11 is 1.63. The first kappa shape index (κ1) is 15.1. The van der Waals surface area contributed by atoms with E-state index in [0.717, 1.165) is 22.0 Å². The Morgan fingerprint density at radius 1 is 1.17 bits per heavy atom. The molecule has 5 heteroatoms. The second-order valence-corrected chi connectivity index (χ2v) is 6.49. The van der Waals surface area contributed by atoms with Gasteiger partial charge in [0, 0.05) is 11.8 Å². The van der Waals surface area contributed by atoms with Gasteiger partial charge in [0.15, 0.2) is 0 Å². The molecule has 0 fully saturated rings. The predicted molar refractivity (Wildman–Crippen MR) is 94.0 cm³/mol. The van der Waals surface area contributed by atoms with Crippen LogP contribution in [0.2, 0.25) is 0 Å². The number of nitrogens with zero attached hydrogens (tertiary/aromatic N) is 2. The van der Waals surface area contributed by atoms with Crippen molar-refractivity contribution in [3.8, 4) is 5.69 Å². The van der Waals surface area contributed by atoms with Crippen LogP contribution in [0.3, 0.4) is 0 Å². The Kier molecular flexibility index (Phi) is 3.88.